The summed E-state index contributed by atoms with van der Waals surface area (Å²) in [7, 11) is 0. The largest absolute Gasteiger partial charge is 0.303 e. The number of likely N-dealkylation sites (tertiary alicyclic amines) is 2. The van der Waals surface area contributed by atoms with Crippen LogP contribution in [0.1, 0.15) is 96.1 Å². The Morgan fingerprint density at radius 3 is 1.63 bits per heavy atom. The van der Waals surface area contributed by atoms with Crippen molar-refractivity contribution in [3.05, 3.63) is 131 Å². The van der Waals surface area contributed by atoms with Gasteiger partial charge in [0.25, 0.3) is 0 Å². The van der Waals surface area contributed by atoms with Crippen LogP contribution >= 0.6 is 0 Å². The quantitative estimate of drug-likeness (QED) is 0.0739. The second-order valence-electron chi connectivity index (χ2n) is 16.4. The average molecular weight is 717 g/mol. The van der Waals surface area contributed by atoms with E-state index in [-0.39, 0.29) is 11.6 Å². The molecule has 0 aromatic heterocycles. The van der Waals surface area contributed by atoms with E-state index in [1.807, 2.05) is 12.1 Å². The fourth-order valence-electron chi connectivity index (χ4n) is 9.52. The van der Waals surface area contributed by atoms with Crippen molar-refractivity contribution in [3.8, 4) is 22.3 Å². The van der Waals surface area contributed by atoms with Gasteiger partial charge in [-0.15, -0.1) is 0 Å². The Hall–Kier alpha value is -4.38. The number of hydrogen-bond acceptors (Lipinski definition) is 4. The monoisotopic (exact) mass is 716 g/mol. The Kier molecular flexibility index (Phi) is 11.8. The molecule has 0 atom stereocenters. The Bertz CT molecular complexity index is 2040. The van der Waals surface area contributed by atoms with Crippen LogP contribution in [0.25, 0.3) is 33.0 Å². The third-order valence-electron chi connectivity index (χ3n) is 12.7. The molecule has 278 valence electrons. The fraction of sp³-hybridized carbons (Fsp3) is 0.400. The first-order valence-corrected chi connectivity index (χ1v) is 20.9. The number of hydrogen-bond donors (Lipinski definition) is 0. The van der Waals surface area contributed by atoms with Crippen molar-refractivity contribution in [3.63, 3.8) is 0 Å². The zero-order valence-corrected chi connectivity index (χ0v) is 32.0. The molecule has 8 rings (SSSR count). The maximum atomic E-state index is 13.6. The summed E-state index contributed by atoms with van der Waals surface area (Å²) in [5.74, 6) is 2.04. The Morgan fingerprint density at radius 1 is 0.500 bits per heavy atom. The average Bonchev–Trinajstić information content (AvgIpc) is 3.54. The molecule has 2 fully saturated rings. The highest BCUT2D eigenvalue weighted by Gasteiger charge is 2.26. The predicted molar refractivity (Wildman–Crippen MR) is 223 cm³/mol. The molecule has 0 spiro atoms. The molecule has 0 amide bonds. The number of fused-ring (bicyclic) bond motifs is 3. The summed E-state index contributed by atoms with van der Waals surface area (Å²) in [5, 5.41) is 2.21. The Morgan fingerprint density at radius 2 is 1.04 bits per heavy atom. The van der Waals surface area contributed by atoms with Crippen LogP contribution in [-0.4, -0.2) is 60.6 Å². The molecule has 0 N–H and O–H groups in total. The highest BCUT2D eigenvalue weighted by atomic mass is 16.1. The van der Waals surface area contributed by atoms with Gasteiger partial charge in [0, 0.05) is 24.0 Å². The van der Waals surface area contributed by atoms with E-state index in [4.69, 9.17) is 0 Å². The van der Waals surface area contributed by atoms with Gasteiger partial charge in [0.15, 0.2) is 11.6 Å². The van der Waals surface area contributed by atoms with E-state index >= 15 is 0 Å². The zero-order chi connectivity index (χ0) is 36.7. The summed E-state index contributed by atoms with van der Waals surface area (Å²) in [6, 6.07) is 38.6. The van der Waals surface area contributed by atoms with Gasteiger partial charge in [-0.05, 0) is 166 Å². The minimum absolute atomic E-state index is 0.231. The van der Waals surface area contributed by atoms with Gasteiger partial charge >= 0.3 is 0 Å². The number of benzene rings is 5. The van der Waals surface area contributed by atoms with E-state index in [1.165, 1.54) is 87.0 Å². The van der Waals surface area contributed by atoms with Crippen LogP contribution in [0.4, 0.5) is 0 Å². The molecule has 54 heavy (non-hydrogen) atoms. The van der Waals surface area contributed by atoms with Gasteiger partial charge in [-0.3, -0.25) is 9.59 Å². The van der Waals surface area contributed by atoms with Gasteiger partial charge in [-0.1, -0.05) is 103 Å². The summed E-state index contributed by atoms with van der Waals surface area (Å²) >= 11 is 0. The molecular weight excluding hydrogens is 661 g/mol. The highest BCUT2D eigenvalue weighted by Crippen LogP contribution is 2.48. The molecule has 2 heterocycles. The molecule has 0 saturated carbocycles. The molecule has 0 bridgehead atoms. The lowest BCUT2D eigenvalue weighted by atomic mass is 9.90. The molecule has 2 aliphatic heterocycles. The minimum atomic E-state index is 0.231. The number of ketones is 2. The van der Waals surface area contributed by atoms with Gasteiger partial charge in [-0.2, -0.15) is 0 Å². The van der Waals surface area contributed by atoms with Gasteiger partial charge in [0.2, 0.25) is 0 Å². The first-order valence-electron chi connectivity index (χ1n) is 20.9. The second kappa shape index (κ2) is 17.4. The van der Waals surface area contributed by atoms with Crippen LogP contribution in [0, 0.1) is 11.8 Å². The molecule has 4 nitrogen and oxygen atoms in total. The third kappa shape index (κ3) is 8.61. The molecule has 2 saturated heterocycles. The summed E-state index contributed by atoms with van der Waals surface area (Å²) in [5.41, 5.74) is 9.16. The normalized spacial score (nSPS) is 16.5. The lowest BCUT2D eigenvalue weighted by molar-refractivity contribution is 0.0969. The predicted octanol–water partition coefficient (Wildman–Crippen LogP) is 11.1. The summed E-state index contributed by atoms with van der Waals surface area (Å²) in [6.45, 7) is 6.85. The number of rotatable bonds is 16. The number of piperidine rings is 2. The van der Waals surface area contributed by atoms with Crippen LogP contribution in [-0.2, 0) is 12.8 Å². The van der Waals surface area contributed by atoms with Crippen LogP contribution in [0.15, 0.2) is 109 Å². The van der Waals surface area contributed by atoms with E-state index in [0.29, 0.717) is 12.8 Å². The van der Waals surface area contributed by atoms with Crippen molar-refractivity contribution in [1.29, 1.82) is 0 Å². The van der Waals surface area contributed by atoms with Crippen LogP contribution in [0.3, 0.4) is 0 Å². The number of unbranched alkanes of at least 4 members (excludes halogenated alkanes) is 2. The lowest BCUT2D eigenvalue weighted by Crippen LogP contribution is -2.35. The number of carbonyl (C=O) groups excluding carboxylic acids is 2. The van der Waals surface area contributed by atoms with Crippen LogP contribution in [0.2, 0.25) is 0 Å². The fourth-order valence-corrected chi connectivity index (χ4v) is 9.52. The van der Waals surface area contributed by atoms with Crippen molar-refractivity contribution in [2.75, 3.05) is 39.3 Å². The summed E-state index contributed by atoms with van der Waals surface area (Å²) in [4.78, 5) is 32.2. The van der Waals surface area contributed by atoms with E-state index in [0.717, 1.165) is 83.6 Å². The SMILES string of the molecule is O=C(CCCCN1CCC(Cc2ccccc2)CC1)c1ccc2c(c1)-c1ccc(C(=O)CCCCN3CCC(Cc4ccccc4)CC3)c3cccc-2c13. The maximum Gasteiger partial charge on any atom is 0.163 e. The van der Waals surface area contributed by atoms with Gasteiger partial charge in [0.05, 0.1) is 0 Å². The van der Waals surface area contributed by atoms with E-state index in [1.54, 1.807) is 0 Å². The lowest BCUT2D eigenvalue weighted by Gasteiger charge is -2.32. The van der Waals surface area contributed by atoms with Crippen LogP contribution < -0.4 is 0 Å². The van der Waals surface area contributed by atoms with Crippen LogP contribution in [0.5, 0.6) is 0 Å². The molecule has 5 aromatic carbocycles. The standard InChI is InChI=1S/C50H56N2O2/c53-48(18-7-9-28-51-30-24-39(25-31-51)34-37-12-3-1-4-13-37)41-20-21-42-44-16-11-17-45-43(22-23-46(50(44)45)47(42)36-41)49(54)19-8-10-29-52-32-26-40(27-33-52)35-38-14-5-2-6-15-38/h1-6,11-17,20-23,36,39-40H,7-10,18-19,24-35H2. The second-order valence-corrected chi connectivity index (χ2v) is 16.4. The number of carbonyl (C=O) groups is 2. The van der Waals surface area contributed by atoms with Gasteiger partial charge in [0.1, 0.15) is 0 Å². The van der Waals surface area contributed by atoms with Crippen molar-refractivity contribution in [2.45, 2.75) is 77.0 Å². The van der Waals surface area contributed by atoms with Crippen molar-refractivity contribution in [1.82, 2.24) is 9.80 Å². The van der Waals surface area contributed by atoms with E-state index in [9.17, 15) is 9.59 Å². The van der Waals surface area contributed by atoms with Crippen molar-refractivity contribution < 1.29 is 9.59 Å². The zero-order valence-electron chi connectivity index (χ0n) is 32.0. The summed E-state index contributed by atoms with van der Waals surface area (Å²) in [6.07, 6.45) is 12.6. The number of nitrogens with zero attached hydrogens (tertiary/aromatic N) is 2. The maximum absolute atomic E-state index is 13.6. The first kappa shape index (κ1) is 36.6. The molecule has 1 aliphatic carbocycles. The van der Waals surface area contributed by atoms with Crippen molar-refractivity contribution >= 4 is 22.3 Å². The van der Waals surface area contributed by atoms with E-state index in [2.05, 4.69) is 107 Å². The molecule has 4 heteroatoms. The molecular formula is C50H56N2O2. The van der Waals surface area contributed by atoms with Gasteiger partial charge < -0.3 is 9.80 Å². The highest BCUT2D eigenvalue weighted by molar-refractivity contribution is 6.21. The number of Topliss-reactive ketones (excluding diaryl/α,β-unsaturated/α-hetero) is 2. The molecule has 3 aliphatic rings. The topological polar surface area (TPSA) is 40.6 Å². The van der Waals surface area contributed by atoms with Gasteiger partial charge in [-0.25, -0.2) is 0 Å². The Balaban J connectivity index is 0.802. The summed E-state index contributed by atoms with van der Waals surface area (Å²) < 4.78 is 0. The van der Waals surface area contributed by atoms with Crippen molar-refractivity contribution in [2.24, 2.45) is 11.8 Å². The molecule has 0 radical (unpaired) electrons. The Labute approximate surface area is 322 Å². The minimum Gasteiger partial charge on any atom is -0.303 e. The smallest absolute Gasteiger partial charge is 0.163 e. The first-order chi connectivity index (χ1) is 26.6. The third-order valence-corrected chi connectivity index (χ3v) is 12.7. The molecule has 5 aromatic rings. The van der Waals surface area contributed by atoms with E-state index < -0.39 is 0 Å². The molecule has 0 unspecified atom stereocenters.